The van der Waals surface area contributed by atoms with E-state index in [2.05, 4.69) is 20.7 Å². The predicted octanol–water partition coefficient (Wildman–Crippen LogP) is 1.76. The number of nitrogens with zero attached hydrogens (tertiary/aromatic N) is 1. The van der Waals surface area contributed by atoms with Crippen LogP contribution in [0.25, 0.3) is 0 Å². The van der Waals surface area contributed by atoms with Crippen LogP contribution in [0.3, 0.4) is 0 Å². The van der Waals surface area contributed by atoms with Gasteiger partial charge in [0.25, 0.3) is 5.69 Å². The first-order valence-corrected chi connectivity index (χ1v) is 8.79. The number of nitrogens with two attached hydrogens (primary N) is 1. The van der Waals surface area contributed by atoms with Crippen molar-refractivity contribution in [3.05, 3.63) is 32.8 Å². The maximum atomic E-state index is 12.4. The van der Waals surface area contributed by atoms with Crippen molar-refractivity contribution < 1.29 is 13.3 Å². The summed E-state index contributed by atoms with van der Waals surface area (Å²) in [4.78, 5) is 9.99. The SMILES string of the molecule is NCC1CCCC1NS(=O)(=O)c1cc(Br)ccc1[N+](=O)[O-]. The van der Waals surface area contributed by atoms with Crippen LogP contribution in [0.5, 0.6) is 0 Å². The Bertz CT molecular complexity index is 650. The van der Waals surface area contributed by atoms with Crippen molar-refractivity contribution in [3.63, 3.8) is 0 Å². The minimum atomic E-state index is -3.96. The molecule has 1 aliphatic carbocycles. The quantitative estimate of drug-likeness (QED) is 0.598. The normalized spacial score (nSPS) is 22.4. The number of hydrogen-bond acceptors (Lipinski definition) is 5. The summed E-state index contributed by atoms with van der Waals surface area (Å²) in [6.45, 7) is 0.397. The summed E-state index contributed by atoms with van der Waals surface area (Å²) < 4.78 is 27.9. The van der Waals surface area contributed by atoms with Gasteiger partial charge in [-0.1, -0.05) is 22.4 Å². The van der Waals surface area contributed by atoms with Crippen molar-refractivity contribution in [2.45, 2.75) is 30.2 Å². The summed E-state index contributed by atoms with van der Waals surface area (Å²) in [6.07, 6.45) is 2.46. The van der Waals surface area contributed by atoms with Gasteiger partial charge < -0.3 is 5.73 Å². The molecule has 0 bridgehead atoms. The van der Waals surface area contributed by atoms with Gasteiger partial charge in [-0.25, -0.2) is 13.1 Å². The summed E-state index contributed by atoms with van der Waals surface area (Å²) in [5, 5.41) is 11.0. The molecule has 0 spiro atoms. The van der Waals surface area contributed by atoms with Gasteiger partial charge in [-0.05, 0) is 37.4 Å². The van der Waals surface area contributed by atoms with Gasteiger partial charge in [0, 0.05) is 16.6 Å². The van der Waals surface area contributed by atoms with Gasteiger partial charge in [0.2, 0.25) is 10.0 Å². The zero-order chi connectivity index (χ0) is 15.6. The second kappa shape index (κ2) is 6.39. The topological polar surface area (TPSA) is 115 Å². The van der Waals surface area contributed by atoms with Crippen molar-refractivity contribution in [2.24, 2.45) is 11.7 Å². The van der Waals surface area contributed by atoms with Crippen LogP contribution in [0.1, 0.15) is 19.3 Å². The van der Waals surface area contributed by atoms with Crippen molar-refractivity contribution in [3.8, 4) is 0 Å². The van der Waals surface area contributed by atoms with E-state index >= 15 is 0 Å². The van der Waals surface area contributed by atoms with Crippen molar-refractivity contribution >= 4 is 31.6 Å². The number of nitro groups is 1. The minimum absolute atomic E-state index is 0.0750. The Morgan fingerprint density at radius 1 is 1.43 bits per heavy atom. The smallest absolute Gasteiger partial charge is 0.289 e. The molecule has 9 heteroatoms. The summed E-state index contributed by atoms with van der Waals surface area (Å²) in [7, 11) is -3.96. The Morgan fingerprint density at radius 2 is 2.14 bits per heavy atom. The van der Waals surface area contributed by atoms with Crippen LogP contribution in [0, 0.1) is 16.0 Å². The fourth-order valence-electron chi connectivity index (χ4n) is 2.59. The number of rotatable bonds is 5. The van der Waals surface area contributed by atoms with E-state index in [0.717, 1.165) is 12.8 Å². The second-order valence-electron chi connectivity index (χ2n) is 5.02. The average Bonchev–Trinajstić information content (AvgIpc) is 2.84. The van der Waals surface area contributed by atoms with E-state index in [9.17, 15) is 18.5 Å². The first-order valence-electron chi connectivity index (χ1n) is 6.51. The molecule has 1 aromatic carbocycles. The van der Waals surface area contributed by atoms with E-state index in [1.807, 2.05) is 0 Å². The lowest BCUT2D eigenvalue weighted by atomic mass is 10.1. The van der Waals surface area contributed by atoms with Crippen LogP contribution in [0.4, 0.5) is 5.69 Å². The van der Waals surface area contributed by atoms with Crippen LogP contribution in [-0.2, 0) is 10.0 Å². The highest BCUT2D eigenvalue weighted by molar-refractivity contribution is 9.10. The first-order chi connectivity index (χ1) is 9.85. The number of halogens is 1. The summed E-state index contributed by atoms with van der Waals surface area (Å²) >= 11 is 3.14. The van der Waals surface area contributed by atoms with E-state index < -0.39 is 20.6 Å². The van der Waals surface area contributed by atoms with Crippen LogP contribution < -0.4 is 10.5 Å². The number of sulfonamides is 1. The van der Waals surface area contributed by atoms with Crippen LogP contribution >= 0.6 is 15.9 Å². The molecule has 2 rings (SSSR count). The molecule has 1 fully saturated rings. The van der Waals surface area contributed by atoms with Gasteiger partial charge in [0.05, 0.1) is 4.92 Å². The van der Waals surface area contributed by atoms with E-state index in [1.165, 1.54) is 18.2 Å². The molecule has 21 heavy (non-hydrogen) atoms. The average molecular weight is 378 g/mol. The Morgan fingerprint density at radius 3 is 2.76 bits per heavy atom. The lowest BCUT2D eigenvalue weighted by Gasteiger charge is -2.19. The summed E-state index contributed by atoms with van der Waals surface area (Å²) in [5.41, 5.74) is 5.20. The van der Waals surface area contributed by atoms with Gasteiger partial charge in [-0.15, -0.1) is 0 Å². The largest absolute Gasteiger partial charge is 0.330 e. The molecule has 1 aromatic rings. The third kappa shape index (κ3) is 3.60. The Labute approximate surface area is 131 Å². The van der Waals surface area contributed by atoms with E-state index in [1.54, 1.807) is 0 Å². The molecule has 0 amide bonds. The fourth-order valence-corrected chi connectivity index (χ4v) is 4.64. The molecule has 7 nitrogen and oxygen atoms in total. The molecule has 0 heterocycles. The first kappa shape index (κ1) is 16.3. The molecule has 0 aromatic heterocycles. The van der Waals surface area contributed by atoms with Crippen molar-refractivity contribution in [1.82, 2.24) is 4.72 Å². The Balaban J connectivity index is 2.35. The number of benzene rings is 1. The Kier molecular flexibility index (Phi) is 4.97. The van der Waals surface area contributed by atoms with Crippen LogP contribution in [0.15, 0.2) is 27.6 Å². The molecule has 2 unspecified atom stereocenters. The van der Waals surface area contributed by atoms with E-state index in [-0.39, 0.29) is 16.9 Å². The van der Waals surface area contributed by atoms with Crippen molar-refractivity contribution in [2.75, 3.05) is 6.54 Å². The van der Waals surface area contributed by atoms with Crippen molar-refractivity contribution in [1.29, 1.82) is 0 Å². The molecular weight excluding hydrogens is 362 g/mol. The lowest BCUT2D eigenvalue weighted by Crippen LogP contribution is -2.40. The molecular formula is C12H16BrN3O4S. The highest BCUT2D eigenvalue weighted by Crippen LogP contribution is 2.30. The van der Waals surface area contributed by atoms with Gasteiger partial charge in [0.15, 0.2) is 4.90 Å². The third-order valence-electron chi connectivity index (χ3n) is 3.68. The number of nitrogens with one attached hydrogen (secondary N) is 1. The minimum Gasteiger partial charge on any atom is -0.330 e. The van der Waals surface area contributed by atoms with Gasteiger partial charge in [-0.2, -0.15) is 0 Å². The monoisotopic (exact) mass is 377 g/mol. The van der Waals surface area contributed by atoms with Gasteiger partial charge >= 0.3 is 0 Å². The zero-order valence-corrected chi connectivity index (χ0v) is 13.6. The maximum Gasteiger partial charge on any atom is 0.289 e. The molecule has 3 N–H and O–H groups in total. The molecule has 0 saturated heterocycles. The molecule has 116 valence electrons. The summed E-state index contributed by atoms with van der Waals surface area (Å²) in [6, 6.07) is 3.59. The predicted molar refractivity (Wildman–Crippen MR) is 81.3 cm³/mol. The molecule has 1 saturated carbocycles. The maximum absolute atomic E-state index is 12.4. The molecule has 0 aliphatic heterocycles. The van der Waals surface area contributed by atoms with Crippen LogP contribution in [0.2, 0.25) is 0 Å². The van der Waals surface area contributed by atoms with E-state index in [4.69, 9.17) is 5.73 Å². The fraction of sp³-hybridized carbons (Fsp3) is 0.500. The van der Waals surface area contributed by atoms with E-state index in [0.29, 0.717) is 17.4 Å². The van der Waals surface area contributed by atoms with Crippen LogP contribution in [-0.4, -0.2) is 25.9 Å². The Hall–Kier alpha value is -1.03. The van der Waals surface area contributed by atoms with Gasteiger partial charge in [-0.3, -0.25) is 10.1 Å². The third-order valence-corrected chi connectivity index (χ3v) is 5.69. The number of hydrogen-bond donors (Lipinski definition) is 2. The standard InChI is InChI=1S/C12H16BrN3O4S/c13-9-4-5-11(16(17)18)12(6-9)21(19,20)15-10-3-1-2-8(10)7-14/h4-6,8,10,15H,1-3,7,14H2. The molecule has 0 radical (unpaired) electrons. The zero-order valence-electron chi connectivity index (χ0n) is 11.2. The molecule has 1 aliphatic rings. The second-order valence-corrected chi connectivity index (χ2v) is 7.62. The highest BCUT2D eigenvalue weighted by atomic mass is 79.9. The number of nitro benzene ring substituents is 1. The summed E-state index contributed by atoms with van der Waals surface area (Å²) in [5.74, 6) is 0.0750. The molecule has 2 atom stereocenters. The highest BCUT2D eigenvalue weighted by Gasteiger charge is 2.33. The lowest BCUT2D eigenvalue weighted by molar-refractivity contribution is -0.387. The van der Waals surface area contributed by atoms with Gasteiger partial charge in [0.1, 0.15) is 0 Å².